The molecule has 3 aromatic carbocycles. The largest absolute Gasteiger partial charge is 0.457 e. The van der Waals surface area contributed by atoms with E-state index in [1.807, 2.05) is 54.6 Å². The highest BCUT2D eigenvalue weighted by Gasteiger charge is 2.10. The van der Waals surface area contributed by atoms with E-state index < -0.39 is 5.91 Å². The molecule has 3 rings (SSSR count). The van der Waals surface area contributed by atoms with Crippen LogP contribution >= 0.6 is 11.6 Å². The van der Waals surface area contributed by atoms with Gasteiger partial charge >= 0.3 is 0 Å². The minimum Gasteiger partial charge on any atom is -0.457 e. The molecule has 0 saturated heterocycles. The highest BCUT2D eigenvalue weighted by Crippen LogP contribution is 2.28. The van der Waals surface area contributed by atoms with Gasteiger partial charge in [0.05, 0.1) is 16.6 Å². The lowest BCUT2D eigenvalue weighted by Gasteiger charge is -2.13. The molecule has 3 aromatic rings. The second-order valence-corrected chi connectivity index (χ2v) is 5.97. The van der Waals surface area contributed by atoms with Crippen LogP contribution in [-0.2, 0) is 0 Å². The Bertz CT molecular complexity index is 880. The lowest BCUT2D eigenvalue weighted by atomic mass is 10.00. The molecule has 0 aliphatic heterocycles. The number of halogens is 1. The van der Waals surface area contributed by atoms with Crippen molar-refractivity contribution in [2.75, 3.05) is 0 Å². The first-order valence-electron chi connectivity index (χ1n) is 7.72. The Kier molecular flexibility index (Phi) is 5.03. The van der Waals surface area contributed by atoms with Crippen LogP contribution in [-0.4, -0.2) is 5.91 Å². The number of amides is 1. The van der Waals surface area contributed by atoms with Crippen LogP contribution in [0.3, 0.4) is 0 Å². The van der Waals surface area contributed by atoms with E-state index in [1.165, 1.54) is 0 Å². The molecule has 0 aliphatic rings. The van der Waals surface area contributed by atoms with Crippen molar-refractivity contribution < 1.29 is 9.53 Å². The lowest BCUT2D eigenvalue weighted by molar-refractivity contribution is 0.100. The lowest BCUT2D eigenvalue weighted by Crippen LogP contribution is -2.11. The Hall–Kier alpha value is -2.82. The van der Waals surface area contributed by atoms with Crippen molar-refractivity contribution in [3.8, 4) is 11.5 Å². The quantitative estimate of drug-likeness (QED) is 0.719. The first-order chi connectivity index (χ1) is 12.0. The fourth-order valence-electron chi connectivity index (χ4n) is 2.49. The number of rotatable bonds is 5. The Labute approximate surface area is 151 Å². The molecule has 0 fully saturated rings. The summed E-state index contributed by atoms with van der Waals surface area (Å²) in [4.78, 5) is 11.2. The maximum absolute atomic E-state index is 11.2. The summed E-state index contributed by atoms with van der Waals surface area (Å²) in [6.07, 6.45) is 0. The maximum atomic E-state index is 11.2. The van der Waals surface area contributed by atoms with Crippen molar-refractivity contribution >= 4 is 17.5 Å². The predicted molar refractivity (Wildman–Crippen MR) is 99.0 cm³/mol. The van der Waals surface area contributed by atoms with Crippen molar-refractivity contribution in [3.63, 3.8) is 0 Å². The third-order valence-electron chi connectivity index (χ3n) is 3.84. The van der Waals surface area contributed by atoms with Gasteiger partial charge in [-0.2, -0.15) is 0 Å². The van der Waals surface area contributed by atoms with Crippen LogP contribution in [0.2, 0.25) is 5.02 Å². The van der Waals surface area contributed by atoms with Crippen LogP contribution in [0.15, 0.2) is 72.8 Å². The summed E-state index contributed by atoms with van der Waals surface area (Å²) < 4.78 is 5.76. The topological polar surface area (TPSA) is 78.3 Å². The molecule has 126 valence electrons. The summed E-state index contributed by atoms with van der Waals surface area (Å²) in [6, 6.07) is 22.0. The van der Waals surface area contributed by atoms with Crippen LogP contribution in [0.5, 0.6) is 11.5 Å². The van der Waals surface area contributed by atoms with Crippen LogP contribution in [0.4, 0.5) is 0 Å². The van der Waals surface area contributed by atoms with Gasteiger partial charge < -0.3 is 16.2 Å². The zero-order valence-corrected chi connectivity index (χ0v) is 14.1. The van der Waals surface area contributed by atoms with E-state index in [4.69, 9.17) is 27.8 Å². The van der Waals surface area contributed by atoms with Crippen molar-refractivity contribution in [3.05, 3.63) is 94.5 Å². The number of nitrogens with two attached hydrogens (primary N) is 2. The Morgan fingerprint density at radius 2 is 1.48 bits per heavy atom. The zero-order chi connectivity index (χ0) is 17.8. The number of carbonyl (C=O) groups excluding carboxylic acids is 1. The van der Waals surface area contributed by atoms with E-state index in [2.05, 4.69) is 0 Å². The number of carbonyl (C=O) groups is 1. The summed E-state index contributed by atoms with van der Waals surface area (Å²) in [5, 5.41) is 0.257. The summed E-state index contributed by atoms with van der Waals surface area (Å²) in [7, 11) is 0. The molecule has 0 saturated carbocycles. The van der Waals surface area contributed by atoms with Gasteiger partial charge in [0.15, 0.2) is 0 Å². The molecule has 1 amide bonds. The molecule has 1 unspecified atom stereocenters. The van der Waals surface area contributed by atoms with Gasteiger partial charge in [0, 0.05) is 6.07 Å². The molecule has 5 heteroatoms. The molecular weight excluding hydrogens is 336 g/mol. The highest BCUT2D eigenvalue weighted by molar-refractivity contribution is 6.33. The second-order valence-electron chi connectivity index (χ2n) is 5.57. The van der Waals surface area contributed by atoms with E-state index in [0.717, 1.165) is 11.1 Å². The van der Waals surface area contributed by atoms with Gasteiger partial charge in [-0.1, -0.05) is 54.1 Å². The normalized spacial score (nSPS) is 11.8. The van der Waals surface area contributed by atoms with Gasteiger partial charge in [0.1, 0.15) is 11.5 Å². The van der Waals surface area contributed by atoms with Gasteiger partial charge in [0.2, 0.25) is 5.91 Å². The van der Waals surface area contributed by atoms with Gasteiger partial charge in [0.25, 0.3) is 0 Å². The number of primary amides is 1. The van der Waals surface area contributed by atoms with E-state index in [0.29, 0.717) is 11.5 Å². The van der Waals surface area contributed by atoms with E-state index in [9.17, 15) is 4.79 Å². The first kappa shape index (κ1) is 17.0. The number of ether oxygens (including phenoxy) is 1. The fourth-order valence-corrected chi connectivity index (χ4v) is 2.75. The summed E-state index contributed by atoms with van der Waals surface area (Å²) >= 11 is 6.03. The Balaban J connectivity index is 1.75. The van der Waals surface area contributed by atoms with E-state index in [-0.39, 0.29) is 16.6 Å². The SMILES string of the molecule is NC(=O)c1ccc(Oc2ccc(C(N)c3ccccc3)cc2)cc1Cl. The van der Waals surface area contributed by atoms with Gasteiger partial charge in [-0.15, -0.1) is 0 Å². The fraction of sp³-hybridized carbons (Fsp3) is 0.0500. The third-order valence-corrected chi connectivity index (χ3v) is 4.15. The molecule has 0 bridgehead atoms. The molecule has 0 aliphatic carbocycles. The van der Waals surface area contributed by atoms with Crippen LogP contribution < -0.4 is 16.2 Å². The van der Waals surface area contributed by atoms with Gasteiger partial charge in [-0.3, -0.25) is 4.79 Å². The summed E-state index contributed by atoms with van der Waals surface area (Å²) in [6.45, 7) is 0. The third kappa shape index (κ3) is 3.99. The summed E-state index contributed by atoms with van der Waals surface area (Å²) in [5.74, 6) is 0.595. The molecule has 4 nitrogen and oxygen atoms in total. The first-order valence-corrected chi connectivity index (χ1v) is 8.10. The molecule has 25 heavy (non-hydrogen) atoms. The van der Waals surface area contributed by atoms with E-state index in [1.54, 1.807) is 18.2 Å². The molecule has 0 spiro atoms. The van der Waals surface area contributed by atoms with Crippen LogP contribution in [0.1, 0.15) is 27.5 Å². The monoisotopic (exact) mass is 352 g/mol. The Morgan fingerprint density at radius 3 is 2.08 bits per heavy atom. The molecule has 0 radical (unpaired) electrons. The van der Waals surface area contributed by atoms with Crippen molar-refractivity contribution in [1.29, 1.82) is 0 Å². The maximum Gasteiger partial charge on any atom is 0.250 e. The summed E-state index contributed by atoms with van der Waals surface area (Å²) in [5.41, 5.74) is 13.8. The highest BCUT2D eigenvalue weighted by atomic mass is 35.5. The molecule has 4 N–H and O–H groups in total. The smallest absolute Gasteiger partial charge is 0.250 e. The van der Waals surface area contributed by atoms with Gasteiger partial charge in [-0.25, -0.2) is 0 Å². The minimum absolute atomic E-state index is 0.195. The molecule has 0 heterocycles. The molecular formula is C20H17ClN2O2. The zero-order valence-electron chi connectivity index (χ0n) is 13.4. The van der Waals surface area contributed by atoms with Crippen molar-refractivity contribution in [2.45, 2.75) is 6.04 Å². The Morgan fingerprint density at radius 1 is 0.880 bits per heavy atom. The standard InChI is InChI=1S/C20H17ClN2O2/c21-18-12-16(10-11-17(18)20(23)24)25-15-8-6-14(7-9-15)19(22)13-4-2-1-3-5-13/h1-12,19H,22H2,(H2,23,24). The van der Waals surface area contributed by atoms with Crippen LogP contribution in [0, 0.1) is 0 Å². The van der Waals surface area contributed by atoms with Crippen molar-refractivity contribution in [1.82, 2.24) is 0 Å². The van der Waals surface area contributed by atoms with E-state index >= 15 is 0 Å². The number of benzene rings is 3. The number of hydrogen-bond donors (Lipinski definition) is 2. The molecule has 0 aromatic heterocycles. The minimum atomic E-state index is -0.573. The average Bonchev–Trinajstić information content (AvgIpc) is 2.62. The van der Waals surface area contributed by atoms with Gasteiger partial charge in [-0.05, 0) is 35.4 Å². The second kappa shape index (κ2) is 7.38. The van der Waals surface area contributed by atoms with Crippen molar-refractivity contribution in [2.24, 2.45) is 11.5 Å². The predicted octanol–water partition coefficient (Wildman–Crippen LogP) is 4.28. The van der Waals surface area contributed by atoms with Crippen LogP contribution in [0.25, 0.3) is 0 Å². The average molecular weight is 353 g/mol. The number of hydrogen-bond acceptors (Lipinski definition) is 3. The molecule has 1 atom stereocenters.